The first-order chi connectivity index (χ1) is 8.36. The standard InChI is InChI=1S/C14H29N3O.ClH/c1-5-8-14(2,15)13(18)17(4)11-12-6-9-16(3)10-7-12;/h12H,5-11,15H2,1-4H3;1H. The van der Waals surface area contributed by atoms with Crippen LogP contribution in [0.3, 0.4) is 0 Å². The van der Waals surface area contributed by atoms with Crippen molar-refractivity contribution >= 4 is 18.3 Å². The number of piperidine rings is 1. The van der Waals surface area contributed by atoms with Gasteiger partial charge in [0.05, 0.1) is 5.54 Å². The van der Waals surface area contributed by atoms with Crippen molar-refractivity contribution in [2.24, 2.45) is 11.7 Å². The van der Waals surface area contributed by atoms with E-state index in [0.29, 0.717) is 5.92 Å². The molecular formula is C14H30ClN3O. The van der Waals surface area contributed by atoms with Gasteiger partial charge in [-0.25, -0.2) is 0 Å². The van der Waals surface area contributed by atoms with Crippen LogP contribution in [0.15, 0.2) is 0 Å². The molecule has 5 heteroatoms. The van der Waals surface area contributed by atoms with Crippen molar-refractivity contribution in [3.05, 3.63) is 0 Å². The summed E-state index contributed by atoms with van der Waals surface area (Å²) in [5.74, 6) is 0.718. The molecule has 1 saturated heterocycles. The topological polar surface area (TPSA) is 49.6 Å². The number of carbonyl (C=O) groups excluding carboxylic acids is 1. The molecule has 4 nitrogen and oxygen atoms in total. The van der Waals surface area contributed by atoms with Crippen LogP contribution >= 0.6 is 12.4 Å². The molecule has 1 rings (SSSR count). The Balaban J connectivity index is 0.00000324. The number of amides is 1. The zero-order valence-electron chi connectivity index (χ0n) is 12.8. The molecule has 0 bridgehead atoms. The summed E-state index contributed by atoms with van der Waals surface area (Å²) in [4.78, 5) is 16.5. The maximum absolute atomic E-state index is 12.3. The van der Waals surface area contributed by atoms with Gasteiger partial charge < -0.3 is 15.5 Å². The molecule has 0 aromatic carbocycles. The van der Waals surface area contributed by atoms with E-state index >= 15 is 0 Å². The number of rotatable bonds is 5. The van der Waals surface area contributed by atoms with Gasteiger partial charge in [-0.1, -0.05) is 13.3 Å². The fourth-order valence-electron chi connectivity index (χ4n) is 2.78. The summed E-state index contributed by atoms with van der Waals surface area (Å²) in [6, 6.07) is 0. The van der Waals surface area contributed by atoms with Crippen LogP contribution in [0, 0.1) is 5.92 Å². The minimum Gasteiger partial charge on any atom is -0.344 e. The number of likely N-dealkylation sites (tertiary alicyclic amines) is 1. The summed E-state index contributed by atoms with van der Waals surface area (Å²) in [7, 11) is 4.05. The monoisotopic (exact) mass is 291 g/mol. The fraction of sp³-hybridized carbons (Fsp3) is 0.929. The highest BCUT2D eigenvalue weighted by atomic mass is 35.5. The third-order valence-corrected chi connectivity index (χ3v) is 3.97. The second-order valence-electron chi connectivity index (χ2n) is 6.10. The van der Waals surface area contributed by atoms with E-state index in [1.54, 1.807) is 0 Å². The molecule has 0 aromatic rings. The van der Waals surface area contributed by atoms with Crippen LogP contribution in [-0.2, 0) is 4.79 Å². The molecule has 0 saturated carbocycles. The van der Waals surface area contributed by atoms with Gasteiger partial charge in [0.25, 0.3) is 0 Å². The summed E-state index contributed by atoms with van der Waals surface area (Å²) >= 11 is 0. The molecule has 1 unspecified atom stereocenters. The Hall–Kier alpha value is -0.320. The lowest BCUT2D eigenvalue weighted by Gasteiger charge is -2.34. The van der Waals surface area contributed by atoms with E-state index < -0.39 is 5.54 Å². The Kier molecular flexibility index (Phi) is 7.94. The molecular weight excluding hydrogens is 262 g/mol. The van der Waals surface area contributed by atoms with Gasteiger partial charge in [0.1, 0.15) is 0 Å². The molecule has 1 amide bonds. The lowest BCUT2D eigenvalue weighted by Crippen LogP contribution is -2.53. The molecule has 0 aliphatic carbocycles. The highest BCUT2D eigenvalue weighted by molar-refractivity contribution is 5.85. The SMILES string of the molecule is CCCC(C)(N)C(=O)N(C)CC1CCN(C)CC1.Cl. The number of hydrogen-bond acceptors (Lipinski definition) is 3. The van der Waals surface area contributed by atoms with Crippen molar-refractivity contribution < 1.29 is 4.79 Å². The highest BCUT2D eigenvalue weighted by Gasteiger charge is 2.31. The molecule has 0 spiro atoms. The Morgan fingerprint density at radius 2 is 1.95 bits per heavy atom. The van der Waals surface area contributed by atoms with E-state index in [1.807, 2.05) is 18.9 Å². The molecule has 2 N–H and O–H groups in total. The van der Waals surface area contributed by atoms with Crippen LogP contribution in [0.5, 0.6) is 0 Å². The summed E-state index contributed by atoms with van der Waals surface area (Å²) in [6.45, 7) is 7.05. The van der Waals surface area contributed by atoms with Gasteiger partial charge in [0.15, 0.2) is 0 Å². The van der Waals surface area contributed by atoms with Crippen molar-refractivity contribution in [2.45, 2.75) is 45.1 Å². The largest absolute Gasteiger partial charge is 0.344 e. The Labute approximate surface area is 124 Å². The lowest BCUT2D eigenvalue weighted by molar-refractivity contribution is -0.136. The fourth-order valence-corrected chi connectivity index (χ4v) is 2.78. The van der Waals surface area contributed by atoms with Crippen molar-refractivity contribution in [2.75, 3.05) is 33.7 Å². The van der Waals surface area contributed by atoms with E-state index in [1.165, 1.54) is 12.8 Å². The highest BCUT2D eigenvalue weighted by Crippen LogP contribution is 2.19. The molecule has 0 radical (unpaired) electrons. The molecule has 1 heterocycles. The average molecular weight is 292 g/mol. The third-order valence-electron chi connectivity index (χ3n) is 3.97. The van der Waals surface area contributed by atoms with Crippen LogP contribution in [0.2, 0.25) is 0 Å². The number of likely N-dealkylation sites (N-methyl/N-ethyl adjacent to an activating group) is 1. The van der Waals surface area contributed by atoms with Gasteiger partial charge in [-0.3, -0.25) is 4.79 Å². The van der Waals surface area contributed by atoms with E-state index in [2.05, 4.69) is 18.9 Å². The first-order valence-electron chi connectivity index (χ1n) is 7.09. The first-order valence-corrected chi connectivity index (χ1v) is 7.09. The predicted octanol–water partition coefficient (Wildman–Crippen LogP) is 1.73. The van der Waals surface area contributed by atoms with E-state index in [-0.39, 0.29) is 18.3 Å². The summed E-state index contributed by atoms with van der Waals surface area (Å²) in [6.07, 6.45) is 4.07. The smallest absolute Gasteiger partial charge is 0.242 e. The van der Waals surface area contributed by atoms with Crippen molar-refractivity contribution in [3.63, 3.8) is 0 Å². The number of carbonyl (C=O) groups is 1. The van der Waals surface area contributed by atoms with E-state index in [4.69, 9.17) is 5.73 Å². The van der Waals surface area contributed by atoms with E-state index in [9.17, 15) is 4.79 Å². The molecule has 1 fully saturated rings. The number of hydrogen-bond donors (Lipinski definition) is 1. The molecule has 1 aliphatic heterocycles. The summed E-state index contributed by atoms with van der Waals surface area (Å²) < 4.78 is 0. The number of nitrogens with two attached hydrogens (primary N) is 1. The first kappa shape index (κ1) is 18.7. The second kappa shape index (κ2) is 8.08. The van der Waals surface area contributed by atoms with Gasteiger partial charge in [-0.15, -0.1) is 12.4 Å². The van der Waals surface area contributed by atoms with Crippen LogP contribution in [0.25, 0.3) is 0 Å². The van der Waals surface area contributed by atoms with Crippen LogP contribution < -0.4 is 5.73 Å². The summed E-state index contributed by atoms with van der Waals surface area (Å²) in [5, 5.41) is 0. The second-order valence-corrected chi connectivity index (χ2v) is 6.10. The molecule has 114 valence electrons. The van der Waals surface area contributed by atoms with Crippen molar-refractivity contribution in [1.29, 1.82) is 0 Å². The molecule has 19 heavy (non-hydrogen) atoms. The Bertz CT molecular complexity index is 276. The maximum atomic E-state index is 12.3. The summed E-state index contributed by atoms with van der Waals surface area (Å²) in [5.41, 5.74) is 5.40. The lowest BCUT2D eigenvalue weighted by atomic mass is 9.93. The van der Waals surface area contributed by atoms with Gasteiger partial charge in [-0.05, 0) is 52.2 Å². The van der Waals surface area contributed by atoms with Gasteiger partial charge in [-0.2, -0.15) is 0 Å². The Morgan fingerprint density at radius 1 is 1.42 bits per heavy atom. The zero-order chi connectivity index (χ0) is 13.8. The van der Waals surface area contributed by atoms with Gasteiger partial charge >= 0.3 is 0 Å². The minimum atomic E-state index is -0.699. The van der Waals surface area contributed by atoms with Crippen molar-refractivity contribution in [3.8, 4) is 0 Å². The van der Waals surface area contributed by atoms with Crippen LogP contribution in [-0.4, -0.2) is 55.0 Å². The molecule has 0 aromatic heterocycles. The van der Waals surface area contributed by atoms with Gasteiger partial charge in [0, 0.05) is 13.6 Å². The normalized spacial score (nSPS) is 20.5. The minimum absolute atomic E-state index is 0. The average Bonchev–Trinajstić information content (AvgIpc) is 2.31. The zero-order valence-corrected chi connectivity index (χ0v) is 13.6. The number of halogens is 1. The van der Waals surface area contributed by atoms with Crippen LogP contribution in [0.4, 0.5) is 0 Å². The third kappa shape index (κ3) is 5.67. The van der Waals surface area contributed by atoms with E-state index in [0.717, 1.165) is 32.5 Å². The van der Waals surface area contributed by atoms with Gasteiger partial charge in [0.2, 0.25) is 5.91 Å². The number of nitrogens with zero attached hydrogens (tertiary/aromatic N) is 2. The molecule has 1 aliphatic rings. The predicted molar refractivity (Wildman–Crippen MR) is 82.6 cm³/mol. The maximum Gasteiger partial charge on any atom is 0.242 e. The molecule has 1 atom stereocenters. The quantitative estimate of drug-likeness (QED) is 0.839. The van der Waals surface area contributed by atoms with Crippen LogP contribution in [0.1, 0.15) is 39.5 Å². The van der Waals surface area contributed by atoms with Crippen molar-refractivity contribution in [1.82, 2.24) is 9.80 Å². The Morgan fingerprint density at radius 3 is 2.42 bits per heavy atom.